The molecule has 0 saturated carbocycles. The van der Waals surface area contributed by atoms with Gasteiger partial charge in [-0.3, -0.25) is 9.69 Å². The van der Waals surface area contributed by atoms with E-state index in [4.69, 9.17) is 16.0 Å². The number of hydrogen-bond acceptors (Lipinski definition) is 4. The second-order valence-electron chi connectivity index (χ2n) is 7.01. The molecule has 2 saturated heterocycles. The normalized spacial score (nSPS) is 18.5. The van der Waals surface area contributed by atoms with Crippen molar-refractivity contribution in [3.63, 3.8) is 0 Å². The minimum absolute atomic E-state index is 0.0273. The number of hydrogen-bond donors (Lipinski definition) is 0. The lowest BCUT2D eigenvalue weighted by molar-refractivity contribution is 0.0757. The van der Waals surface area contributed by atoms with Crippen molar-refractivity contribution in [3.8, 4) is 0 Å². The lowest BCUT2D eigenvalue weighted by Gasteiger charge is -2.35. The van der Waals surface area contributed by atoms with Gasteiger partial charge in [0.15, 0.2) is 5.76 Å². The van der Waals surface area contributed by atoms with Crippen molar-refractivity contribution in [2.75, 3.05) is 44.2 Å². The molecule has 5 nitrogen and oxygen atoms in total. The molecule has 0 atom stereocenters. The molecule has 2 aromatic rings. The molecule has 0 unspecified atom stereocenters. The quantitative estimate of drug-likeness (QED) is 0.822. The summed E-state index contributed by atoms with van der Waals surface area (Å²) in [4.78, 5) is 19.0. The van der Waals surface area contributed by atoms with Crippen molar-refractivity contribution < 1.29 is 9.21 Å². The van der Waals surface area contributed by atoms with Gasteiger partial charge in [0.25, 0.3) is 5.91 Å². The first kappa shape index (κ1) is 17.4. The number of nitrogens with zero attached hydrogens (tertiary/aromatic N) is 3. The van der Waals surface area contributed by atoms with Gasteiger partial charge in [0.05, 0.1) is 6.54 Å². The van der Waals surface area contributed by atoms with Crippen molar-refractivity contribution in [2.45, 2.75) is 19.4 Å². The summed E-state index contributed by atoms with van der Waals surface area (Å²) in [6.07, 6.45) is 2.19. The van der Waals surface area contributed by atoms with Crippen LogP contribution < -0.4 is 4.90 Å². The zero-order valence-corrected chi connectivity index (χ0v) is 15.6. The van der Waals surface area contributed by atoms with Crippen LogP contribution in [0.15, 0.2) is 40.8 Å². The van der Waals surface area contributed by atoms with Gasteiger partial charge in [0.2, 0.25) is 0 Å². The number of carbonyl (C=O) groups excluding carboxylic acids is 1. The molecule has 0 bridgehead atoms. The largest absolute Gasteiger partial charge is 0.455 e. The number of likely N-dealkylation sites (tertiary alicyclic amines) is 1. The fourth-order valence-corrected chi connectivity index (χ4v) is 3.90. The molecular weight excluding hydrogens is 350 g/mol. The van der Waals surface area contributed by atoms with Crippen LogP contribution in [0.25, 0.3) is 0 Å². The Morgan fingerprint density at radius 1 is 1.00 bits per heavy atom. The average Bonchev–Trinajstić information content (AvgIpc) is 3.34. The van der Waals surface area contributed by atoms with E-state index in [0.29, 0.717) is 5.76 Å². The second-order valence-corrected chi connectivity index (χ2v) is 7.44. The van der Waals surface area contributed by atoms with E-state index in [1.165, 1.54) is 5.69 Å². The van der Waals surface area contributed by atoms with Crippen LogP contribution >= 0.6 is 11.6 Å². The standard InChI is InChI=1S/C20H24ClN3O2/c21-16-4-3-5-17(14-16)23-12-10-22(11-13-23)15-18-6-7-19(26-18)20(25)24-8-1-2-9-24/h3-7,14H,1-2,8-13,15H2. The fourth-order valence-electron chi connectivity index (χ4n) is 3.71. The minimum atomic E-state index is 0.0273. The van der Waals surface area contributed by atoms with Crippen molar-refractivity contribution in [1.29, 1.82) is 0 Å². The maximum absolute atomic E-state index is 12.4. The Labute approximate surface area is 159 Å². The zero-order valence-electron chi connectivity index (χ0n) is 14.9. The molecule has 1 amide bonds. The van der Waals surface area contributed by atoms with Gasteiger partial charge in [-0.05, 0) is 43.2 Å². The van der Waals surface area contributed by atoms with Gasteiger partial charge in [-0.1, -0.05) is 17.7 Å². The Morgan fingerprint density at radius 3 is 2.50 bits per heavy atom. The van der Waals surface area contributed by atoms with E-state index in [-0.39, 0.29) is 5.91 Å². The van der Waals surface area contributed by atoms with Crippen LogP contribution in [-0.2, 0) is 6.54 Å². The van der Waals surface area contributed by atoms with Gasteiger partial charge in [-0.15, -0.1) is 0 Å². The molecule has 1 aromatic carbocycles. The molecule has 0 radical (unpaired) electrons. The lowest BCUT2D eigenvalue weighted by atomic mass is 10.2. The first-order chi connectivity index (χ1) is 12.7. The number of benzene rings is 1. The summed E-state index contributed by atoms with van der Waals surface area (Å²) >= 11 is 6.09. The van der Waals surface area contributed by atoms with Crippen LogP contribution in [0.2, 0.25) is 5.02 Å². The molecule has 6 heteroatoms. The molecule has 1 aromatic heterocycles. The van der Waals surface area contributed by atoms with Crippen LogP contribution in [0, 0.1) is 0 Å². The summed E-state index contributed by atoms with van der Waals surface area (Å²) in [6.45, 7) is 6.28. The van der Waals surface area contributed by atoms with Gasteiger partial charge in [-0.2, -0.15) is 0 Å². The van der Waals surface area contributed by atoms with E-state index in [1.807, 2.05) is 35.2 Å². The number of halogens is 1. The summed E-state index contributed by atoms with van der Waals surface area (Å²) < 4.78 is 5.82. The molecule has 138 valence electrons. The van der Waals surface area contributed by atoms with Crippen LogP contribution in [0.5, 0.6) is 0 Å². The highest BCUT2D eigenvalue weighted by Crippen LogP contribution is 2.22. The van der Waals surface area contributed by atoms with E-state index < -0.39 is 0 Å². The van der Waals surface area contributed by atoms with Gasteiger partial charge in [-0.25, -0.2) is 0 Å². The fraction of sp³-hybridized carbons (Fsp3) is 0.450. The molecule has 2 aliphatic rings. The summed E-state index contributed by atoms with van der Waals surface area (Å²) in [5.74, 6) is 1.36. The van der Waals surface area contributed by atoms with Crippen LogP contribution in [0.4, 0.5) is 5.69 Å². The van der Waals surface area contributed by atoms with E-state index in [0.717, 1.165) is 69.4 Å². The van der Waals surface area contributed by atoms with Crippen LogP contribution in [0.3, 0.4) is 0 Å². The molecule has 0 N–H and O–H groups in total. The highest BCUT2D eigenvalue weighted by molar-refractivity contribution is 6.30. The Morgan fingerprint density at radius 2 is 1.77 bits per heavy atom. The third-order valence-corrected chi connectivity index (χ3v) is 5.43. The predicted octanol–water partition coefficient (Wildman–Crippen LogP) is 3.49. The Hall–Kier alpha value is -1.98. The zero-order chi connectivity index (χ0) is 17.9. The number of furan rings is 1. The minimum Gasteiger partial charge on any atom is -0.455 e. The topological polar surface area (TPSA) is 39.9 Å². The monoisotopic (exact) mass is 373 g/mol. The van der Waals surface area contributed by atoms with E-state index in [9.17, 15) is 4.79 Å². The number of rotatable bonds is 4. The molecule has 4 rings (SSSR count). The highest BCUT2D eigenvalue weighted by atomic mass is 35.5. The van der Waals surface area contributed by atoms with Crippen LogP contribution in [-0.4, -0.2) is 55.0 Å². The smallest absolute Gasteiger partial charge is 0.289 e. The molecular formula is C20H24ClN3O2. The first-order valence-electron chi connectivity index (χ1n) is 9.30. The van der Waals surface area contributed by atoms with Gasteiger partial charge >= 0.3 is 0 Å². The molecule has 26 heavy (non-hydrogen) atoms. The summed E-state index contributed by atoms with van der Waals surface area (Å²) in [5.41, 5.74) is 1.17. The molecule has 0 aliphatic carbocycles. The van der Waals surface area contributed by atoms with Crippen molar-refractivity contribution in [3.05, 3.63) is 52.9 Å². The van der Waals surface area contributed by atoms with Gasteiger partial charge in [0.1, 0.15) is 5.76 Å². The van der Waals surface area contributed by atoms with Crippen LogP contribution in [0.1, 0.15) is 29.2 Å². The third-order valence-electron chi connectivity index (χ3n) is 5.19. The number of carbonyl (C=O) groups is 1. The number of piperazine rings is 1. The average molecular weight is 374 g/mol. The van der Waals surface area contributed by atoms with Crippen molar-refractivity contribution in [2.24, 2.45) is 0 Å². The third kappa shape index (κ3) is 3.89. The van der Waals surface area contributed by atoms with E-state index >= 15 is 0 Å². The van der Waals surface area contributed by atoms with E-state index in [2.05, 4.69) is 15.9 Å². The number of anilines is 1. The number of amides is 1. The molecule has 0 spiro atoms. The summed E-state index contributed by atoms with van der Waals surface area (Å²) in [7, 11) is 0. The first-order valence-corrected chi connectivity index (χ1v) is 9.68. The van der Waals surface area contributed by atoms with Crippen molar-refractivity contribution >= 4 is 23.2 Å². The summed E-state index contributed by atoms with van der Waals surface area (Å²) in [5, 5.41) is 0.774. The summed E-state index contributed by atoms with van der Waals surface area (Å²) in [6, 6.07) is 11.8. The molecule has 2 aliphatic heterocycles. The van der Waals surface area contributed by atoms with E-state index in [1.54, 1.807) is 0 Å². The molecule has 3 heterocycles. The second kappa shape index (κ2) is 7.72. The predicted molar refractivity (Wildman–Crippen MR) is 103 cm³/mol. The SMILES string of the molecule is O=C(c1ccc(CN2CCN(c3cccc(Cl)c3)CC2)o1)N1CCCC1. The highest BCUT2D eigenvalue weighted by Gasteiger charge is 2.23. The van der Waals surface area contributed by atoms with Gasteiger partial charge < -0.3 is 14.2 Å². The maximum atomic E-state index is 12.4. The Kier molecular flexibility index (Phi) is 5.18. The molecule has 2 fully saturated rings. The van der Waals surface area contributed by atoms with Crippen molar-refractivity contribution in [1.82, 2.24) is 9.80 Å². The van der Waals surface area contributed by atoms with Gasteiger partial charge in [0, 0.05) is 50.0 Å². The Balaban J connectivity index is 1.31. The lowest BCUT2D eigenvalue weighted by Crippen LogP contribution is -2.45. The Bertz CT molecular complexity index is 762. The maximum Gasteiger partial charge on any atom is 0.289 e.